The highest BCUT2D eigenvalue weighted by Gasteiger charge is 2.47. The minimum atomic E-state index is -1.51. The van der Waals surface area contributed by atoms with Crippen LogP contribution in [0.3, 0.4) is 0 Å². The van der Waals surface area contributed by atoms with Gasteiger partial charge in [-0.25, -0.2) is 13.6 Å². The first kappa shape index (κ1) is 40.3. The van der Waals surface area contributed by atoms with Gasteiger partial charge >= 0.3 is 5.97 Å². The van der Waals surface area contributed by atoms with E-state index in [2.05, 4.69) is 27.5 Å². The number of benzene rings is 1. The van der Waals surface area contributed by atoms with E-state index in [-0.39, 0.29) is 44.0 Å². The monoisotopic (exact) mass is 755 g/mol. The summed E-state index contributed by atoms with van der Waals surface area (Å²) in [5.74, 6) is -5.06. The van der Waals surface area contributed by atoms with E-state index in [1.807, 2.05) is 6.92 Å². The van der Waals surface area contributed by atoms with Gasteiger partial charge in [0.2, 0.25) is 29.5 Å². The molecule has 8 unspecified atom stereocenters. The molecule has 4 aliphatic heterocycles. The fourth-order valence-electron chi connectivity index (χ4n) is 7.89. The Kier molecular flexibility index (Phi) is 13.1. The molecule has 54 heavy (non-hydrogen) atoms. The van der Waals surface area contributed by atoms with E-state index >= 15 is 0 Å². The van der Waals surface area contributed by atoms with Gasteiger partial charge in [0, 0.05) is 32.1 Å². The van der Waals surface area contributed by atoms with Crippen LogP contribution in [0.4, 0.5) is 8.78 Å². The quantitative estimate of drug-likeness (QED) is 0.163. The Hall–Kier alpha value is -4.89. The van der Waals surface area contributed by atoms with Crippen molar-refractivity contribution in [2.45, 2.75) is 115 Å². The van der Waals surface area contributed by atoms with Crippen LogP contribution >= 0.6 is 0 Å². The third-order valence-electron chi connectivity index (χ3n) is 10.6. The number of hydrogen-bond donors (Lipinski definition) is 3. The number of esters is 1. The lowest BCUT2D eigenvalue weighted by atomic mass is 9.99. The first-order chi connectivity index (χ1) is 25.7. The molecule has 16 heteroatoms. The largest absolute Gasteiger partial charge is 0.458 e. The number of nitrogens with one attached hydrogen (secondary N) is 3. The van der Waals surface area contributed by atoms with E-state index in [1.54, 1.807) is 19.9 Å². The molecule has 0 bridgehead atoms. The van der Waals surface area contributed by atoms with Crippen molar-refractivity contribution in [2.24, 2.45) is 10.9 Å². The predicted molar refractivity (Wildman–Crippen MR) is 194 cm³/mol. The van der Waals surface area contributed by atoms with Crippen LogP contribution in [0.1, 0.15) is 71.8 Å². The zero-order valence-corrected chi connectivity index (χ0v) is 31.3. The molecule has 4 heterocycles. The van der Waals surface area contributed by atoms with E-state index in [9.17, 15) is 37.5 Å². The first-order valence-electron chi connectivity index (χ1n) is 18.7. The second-order valence-corrected chi connectivity index (χ2v) is 14.8. The summed E-state index contributed by atoms with van der Waals surface area (Å²) >= 11 is 0. The smallest absolute Gasteiger partial charge is 0.329 e. The molecule has 14 nitrogen and oxygen atoms in total. The number of aliphatic imine (C=N–C) groups is 1. The van der Waals surface area contributed by atoms with Crippen LogP contribution in [0.25, 0.3) is 0 Å². The average Bonchev–Trinajstić information content (AvgIpc) is 3.78. The molecule has 0 aliphatic carbocycles. The number of nitrogens with zero attached hydrogens (tertiary/aromatic N) is 4. The molecule has 4 saturated heterocycles. The van der Waals surface area contributed by atoms with Gasteiger partial charge in [0.05, 0.1) is 12.4 Å². The molecule has 1 aromatic carbocycles. The Morgan fingerprint density at radius 3 is 2.31 bits per heavy atom. The van der Waals surface area contributed by atoms with E-state index in [0.29, 0.717) is 50.6 Å². The maximum absolute atomic E-state index is 14.6. The number of amidine groups is 1. The van der Waals surface area contributed by atoms with Gasteiger partial charge in [-0.3, -0.25) is 29.0 Å². The van der Waals surface area contributed by atoms with Gasteiger partial charge in [0.1, 0.15) is 54.0 Å². The lowest BCUT2D eigenvalue weighted by Crippen LogP contribution is -2.63. The molecule has 8 atom stereocenters. The highest BCUT2D eigenvalue weighted by molar-refractivity contribution is 5.98. The molecular weight excluding hydrogens is 704 g/mol. The minimum absolute atomic E-state index is 0.0776. The summed E-state index contributed by atoms with van der Waals surface area (Å²) in [6.07, 6.45) is 2.83. The van der Waals surface area contributed by atoms with Gasteiger partial charge in [-0.2, -0.15) is 0 Å². The molecular formula is C38H51F2N7O7. The van der Waals surface area contributed by atoms with Crippen molar-refractivity contribution >= 4 is 41.3 Å². The normalized spacial score (nSPS) is 29.1. The van der Waals surface area contributed by atoms with Gasteiger partial charge in [0.25, 0.3) is 0 Å². The first-order valence-corrected chi connectivity index (χ1v) is 18.7. The summed E-state index contributed by atoms with van der Waals surface area (Å²) in [6.45, 7) is 11.0. The molecule has 3 N–H and O–H groups in total. The van der Waals surface area contributed by atoms with Crippen LogP contribution in [0.2, 0.25) is 0 Å². The number of cyclic esters (lactones) is 1. The fraction of sp³-hybridized carbons (Fsp3) is 0.605. The third-order valence-corrected chi connectivity index (χ3v) is 10.6. The molecule has 5 rings (SSSR count). The van der Waals surface area contributed by atoms with Gasteiger partial charge in [0.15, 0.2) is 0 Å². The molecule has 294 valence electrons. The van der Waals surface area contributed by atoms with Crippen LogP contribution in [0.5, 0.6) is 0 Å². The lowest BCUT2D eigenvalue weighted by molar-refractivity contribution is -0.163. The number of amides is 5. The Morgan fingerprint density at radius 1 is 0.944 bits per heavy atom. The number of carbonyl (C=O) groups excluding carboxylic acids is 6. The van der Waals surface area contributed by atoms with Crippen LogP contribution in [0, 0.1) is 17.6 Å². The highest BCUT2D eigenvalue weighted by atomic mass is 19.1. The zero-order valence-electron chi connectivity index (χ0n) is 31.3. The summed E-state index contributed by atoms with van der Waals surface area (Å²) < 4.78 is 34.3. The molecule has 4 aliphatic rings. The Balaban J connectivity index is 1.52. The van der Waals surface area contributed by atoms with E-state index in [0.717, 1.165) is 12.1 Å². The van der Waals surface area contributed by atoms with Crippen LogP contribution in [0.15, 0.2) is 35.8 Å². The Labute approximate surface area is 314 Å². The maximum atomic E-state index is 14.6. The second-order valence-electron chi connectivity index (χ2n) is 14.8. The maximum Gasteiger partial charge on any atom is 0.329 e. The molecule has 0 aromatic heterocycles. The van der Waals surface area contributed by atoms with Gasteiger partial charge in [-0.1, -0.05) is 13.0 Å². The molecule has 0 saturated carbocycles. The predicted octanol–water partition coefficient (Wildman–Crippen LogP) is 1.61. The number of ether oxygens (including phenoxy) is 1. The number of fused-ring (bicyclic) bond motifs is 3. The van der Waals surface area contributed by atoms with Crippen molar-refractivity contribution < 1.29 is 42.3 Å². The fourth-order valence-corrected chi connectivity index (χ4v) is 7.89. The molecule has 5 amide bonds. The van der Waals surface area contributed by atoms with Crippen molar-refractivity contribution in [2.75, 3.05) is 26.2 Å². The molecule has 0 radical (unpaired) electrons. The molecule has 4 fully saturated rings. The standard InChI is InChI=1S/C38H51F2N7O7/c1-6-12-41-24(5)43-28(18-25-16-26(39)19-27(40)17-25)33(48)44-32-23(4)54-38(53)31-15-21(2)20-47(31)35(50)22(3)42-34(49)29-10-7-8-13-45(29)36(51)30-11-9-14-46(30)37(32)52/h6,16-17,19,21-23,28-32H,1,7-15,18,20H2,2-5H3,(H,41,43)(H,42,49)(H,44,48). The Morgan fingerprint density at radius 2 is 1.61 bits per heavy atom. The number of piperidine rings is 1. The van der Waals surface area contributed by atoms with Crippen molar-refractivity contribution in [1.82, 2.24) is 30.7 Å². The second kappa shape index (κ2) is 17.5. The SMILES string of the molecule is C=CCN=C(C)NC(Cc1cc(F)cc(F)c1)C(=O)NC1C(=O)N2CCCC2C(=O)N2CCCCC2C(=O)NC(C)C(=O)N2CC(C)CC2C(=O)OC1C. The van der Waals surface area contributed by atoms with Crippen molar-refractivity contribution in [3.05, 3.63) is 48.1 Å². The Bertz CT molecular complexity index is 1650. The number of hydrogen-bond acceptors (Lipinski definition) is 8. The van der Waals surface area contributed by atoms with Gasteiger partial charge < -0.3 is 35.4 Å². The summed E-state index contributed by atoms with van der Waals surface area (Å²) in [4.78, 5) is 92.7. The minimum Gasteiger partial charge on any atom is -0.458 e. The number of carbonyl (C=O) groups is 6. The number of halogens is 2. The van der Waals surface area contributed by atoms with Crippen LogP contribution in [-0.4, -0.2) is 125 Å². The van der Waals surface area contributed by atoms with E-state index in [4.69, 9.17) is 4.74 Å². The zero-order chi connectivity index (χ0) is 39.3. The van der Waals surface area contributed by atoms with E-state index in [1.165, 1.54) is 21.6 Å². The van der Waals surface area contributed by atoms with Gasteiger partial charge in [-0.05, 0) is 82.9 Å². The summed E-state index contributed by atoms with van der Waals surface area (Å²) in [6, 6.07) is -3.64. The highest BCUT2D eigenvalue weighted by Crippen LogP contribution is 2.29. The lowest BCUT2D eigenvalue weighted by Gasteiger charge is -2.39. The average molecular weight is 756 g/mol. The number of rotatable bonds is 7. The summed E-state index contributed by atoms with van der Waals surface area (Å²) in [5, 5.41) is 8.46. The van der Waals surface area contributed by atoms with Crippen molar-refractivity contribution in [3.8, 4) is 0 Å². The third kappa shape index (κ3) is 9.24. The van der Waals surface area contributed by atoms with Crippen LogP contribution < -0.4 is 16.0 Å². The van der Waals surface area contributed by atoms with Crippen molar-refractivity contribution in [3.63, 3.8) is 0 Å². The summed E-state index contributed by atoms with van der Waals surface area (Å²) in [5.41, 5.74) is 0.153. The van der Waals surface area contributed by atoms with E-state index < -0.39 is 89.5 Å². The van der Waals surface area contributed by atoms with Gasteiger partial charge in [-0.15, -0.1) is 6.58 Å². The van der Waals surface area contributed by atoms with Crippen LogP contribution in [-0.2, 0) is 39.9 Å². The molecule has 1 aromatic rings. The van der Waals surface area contributed by atoms with Crippen molar-refractivity contribution in [1.29, 1.82) is 0 Å². The topological polar surface area (TPSA) is 170 Å². The summed E-state index contributed by atoms with van der Waals surface area (Å²) in [7, 11) is 0. The molecule has 0 spiro atoms.